The van der Waals surface area contributed by atoms with Crippen LogP contribution in [0.5, 0.6) is 11.5 Å². The molecule has 0 radical (unpaired) electrons. The van der Waals surface area contributed by atoms with Gasteiger partial charge >= 0.3 is 5.97 Å². The Morgan fingerprint density at radius 3 is 2.69 bits per heavy atom. The van der Waals surface area contributed by atoms with E-state index in [4.69, 9.17) is 14.2 Å². The Hall–Kier alpha value is -3.35. The van der Waals surface area contributed by atoms with Crippen LogP contribution in [0.1, 0.15) is 12.6 Å². The van der Waals surface area contributed by atoms with Gasteiger partial charge in [0.25, 0.3) is 5.56 Å². The first-order valence-corrected chi connectivity index (χ1v) is 8.18. The second-order valence-electron chi connectivity index (χ2n) is 5.93. The van der Waals surface area contributed by atoms with Gasteiger partial charge in [0.05, 0.1) is 5.69 Å². The molecule has 0 spiro atoms. The van der Waals surface area contributed by atoms with Crippen molar-refractivity contribution in [3.63, 3.8) is 0 Å². The molecule has 3 aromatic rings. The molecule has 2 unspecified atom stereocenters. The second-order valence-corrected chi connectivity index (χ2v) is 5.93. The maximum atomic E-state index is 12.4. The van der Waals surface area contributed by atoms with Gasteiger partial charge in [0.15, 0.2) is 11.5 Å². The van der Waals surface area contributed by atoms with Crippen LogP contribution in [0.3, 0.4) is 0 Å². The molecule has 7 heteroatoms. The van der Waals surface area contributed by atoms with Crippen molar-refractivity contribution in [1.82, 2.24) is 9.38 Å². The molecule has 0 fully saturated rings. The number of esters is 1. The number of benzene rings is 1. The number of aromatic nitrogens is 2. The smallest absolute Gasteiger partial charge is 0.351 e. The minimum absolute atomic E-state index is 0.117. The van der Waals surface area contributed by atoms with E-state index >= 15 is 0 Å². The molecule has 1 aliphatic rings. The van der Waals surface area contributed by atoms with Gasteiger partial charge in [-0.15, -0.1) is 0 Å². The van der Waals surface area contributed by atoms with E-state index < -0.39 is 18.2 Å². The summed E-state index contributed by atoms with van der Waals surface area (Å²) in [5.41, 5.74) is 0.631. The second kappa shape index (κ2) is 6.51. The molecule has 1 aliphatic heterocycles. The number of para-hydroxylation sites is 2. The Morgan fingerprint density at radius 2 is 1.88 bits per heavy atom. The van der Waals surface area contributed by atoms with E-state index in [2.05, 4.69) is 4.98 Å². The van der Waals surface area contributed by atoms with E-state index in [1.165, 1.54) is 10.5 Å². The molecular weight excluding hydrogens is 336 g/mol. The molecular formula is C19H16N2O5. The molecule has 3 heterocycles. The van der Waals surface area contributed by atoms with E-state index in [9.17, 15) is 9.59 Å². The van der Waals surface area contributed by atoms with E-state index in [1.54, 1.807) is 49.5 Å². The lowest BCUT2D eigenvalue weighted by molar-refractivity contribution is -0.159. The summed E-state index contributed by atoms with van der Waals surface area (Å²) in [5.74, 6) is 0.518. The first kappa shape index (κ1) is 16.1. The zero-order valence-electron chi connectivity index (χ0n) is 14.0. The summed E-state index contributed by atoms with van der Waals surface area (Å²) in [5, 5.41) is 0. The number of carbonyl (C=O) groups is 1. The van der Waals surface area contributed by atoms with Gasteiger partial charge in [0.1, 0.15) is 18.4 Å². The van der Waals surface area contributed by atoms with E-state index in [0.717, 1.165) is 0 Å². The van der Waals surface area contributed by atoms with Gasteiger partial charge in [-0.25, -0.2) is 9.78 Å². The molecule has 2 atom stereocenters. The van der Waals surface area contributed by atoms with E-state index in [1.807, 2.05) is 6.07 Å². The summed E-state index contributed by atoms with van der Waals surface area (Å²) in [6.07, 6.45) is 0.256. The first-order chi connectivity index (χ1) is 12.6. The van der Waals surface area contributed by atoms with Crippen LogP contribution < -0.4 is 15.0 Å². The van der Waals surface area contributed by atoms with Crippen molar-refractivity contribution in [2.45, 2.75) is 25.7 Å². The minimum Gasteiger partial charge on any atom is -0.482 e. The lowest BCUT2D eigenvalue weighted by Gasteiger charge is -2.30. The summed E-state index contributed by atoms with van der Waals surface area (Å²) < 4.78 is 18.1. The summed E-state index contributed by atoms with van der Waals surface area (Å²) >= 11 is 0. The van der Waals surface area contributed by atoms with Crippen LogP contribution in [0, 0.1) is 0 Å². The lowest BCUT2D eigenvalue weighted by Crippen LogP contribution is -2.44. The minimum atomic E-state index is -0.883. The summed E-state index contributed by atoms with van der Waals surface area (Å²) in [7, 11) is 0. The number of nitrogens with zero attached hydrogens (tertiary/aromatic N) is 2. The van der Waals surface area contributed by atoms with Crippen LogP contribution in [0.2, 0.25) is 0 Å². The molecule has 7 nitrogen and oxygen atoms in total. The Morgan fingerprint density at radius 1 is 1.15 bits per heavy atom. The van der Waals surface area contributed by atoms with Gasteiger partial charge in [-0.2, -0.15) is 0 Å². The highest BCUT2D eigenvalue weighted by Crippen LogP contribution is 2.33. The molecule has 0 aliphatic carbocycles. The van der Waals surface area contributed by atoms with Crippen molar-refractivity contribution < 1.29 is 19.0 Å². The highest BCUT2D eigenvalue weighted by Gasteiger charge is 2.35. The fraction of sp³-hybridized carbons (Fsp3) is 0.211. The number of fused-ring (bicyclic) bond motifs is 2. The van der Waals surface area contributed by atoms with Crippen molar-refractivity contribution in [2.24, 2.45) is 0 Å². The zero-order valence-corrected chi connectivity index (χ0v) is 14.0. The fourth-order valence-corrected chi connectivity index (χ4v) is 2.78. The molecule has 0 saturated carbocycles. The molecule has 2 aromatic heterocycles. The SMILES string of the molecule is CC1Oc2ccccc2OC1C(=O)OCc1cc(=O)n2ccccc2n1. The molecule has 132 valence electrons. The third kappa shape index (κ3) is 2.99. The predicted molar refractivity (Wildman–Crippen MR) is 92.2 cm³/mol. The number of hydrogen-bond acceptors (Lipinski definition) is 6. The monoisotopic (exact) mass is 352 g/mol. The van der Waals surface area contributed by atoms with Gasteiger partial charge in [-0.1, -0.05) is 18.2 Å². The van der Waals surface area contributed by atoms with Crippen LogP contribution >= 0.6 is 0 Å². The number of ether oxygens (including phenoxy) is 3. The van der Waals surface area contributed by atoms with Gasteiger partial charge in [-0.05, 0) is 31.2 Å². The highest BCUT2D eigenvalue weighted by atomic mass is 16.6. The van der Waals surface area contributed by atoms with Crippen molar-refractivity contribution in [2.75, 3.05) is 0 Å². The number of rotatable bonds is 3. The summed E-state index contributed by atoms with van der Waals surface area (Å²) in [6.45, 7) is 1.62. The Bertz CT molecular complexity index is 1030. The average Bonchev–Trinajstić information content (AvgIpc) is 2.65. The standard InChI is InChI=1S/C19H16N2O5/c1-12-18(26-15-7-3-2-6-14(15)25-12)19(23)24-11-13-10-17(22)21-9-5-4-8-16(21)20-13/h2-10,12,18H,11H2,1H3. The number of carbonyl (C=O) groups excluding carboxylic acids is 1. The molecule has 0 N–H and O–H groups in total. The normalized spacial score (nSPS) is 18.5. The summed E-state index contributed by atoms with van der Waals surface area (Å²) in [6, 6.07) is 13.7. The number of pyridine rings is 1. The largest absolute Gasteiger partial charge is 0.482 e. The van der Waals surface area contributed by atoms with Gasteiger partial charge in [0.2, 0.25) is 6.10 Å². The maximum absolute atomic E-state index is 12.4. The molecule has 26 heavy (non-hydrogen) atoms. The maximum Gasteiger partial charge on any atom is 0.351 e. The zero-order chi connectivity index (χ0) is 18.1. The molecule has 0 saturated heterocycles. The lowest BCUT2D eigenvalue weighted by atomic mass is 10.2. The van der Waals surface area contributed by atoms with E-state index in [0.29, 0.717) is 22.8 Å². The third-order valence-electron chi connectivity index (χ3n) is 4.06. The molecule has 4 rings (SSSR count). The highest BCUT2D eigenvalue weighted by molar-refractivity contribution is 5.76. The molecule has 0 bridgehead atoms. The van der Waals surface area contributed by atoms with Gasteiger partial charge < -0.3 is 14.2 Å². The summed E-state index contributed by atoms with van der Waals surface area (Å²) in [4.78, 5) is 28.8. The van der Waals surface area contributed by atoms with Crippen molar-refractivity contribution in [3.05, 3.63) is 70.8 Å². The van der Waals surface area contributed by atoms with Crippen LogP contribution in [-0.2, 0) is 16.1 Å². The third-order valence-corrected chi connectivity index (χ3v) is 4.06. The number of hydrogen-bond donors (Lipinski definition) is 0. The molecule has 0 amide bonds. The topological polar surface area (TPSA) is 79.1 Å². The predicted octanol–water partition coefficient (Wildman–Crippen LogP) is 1.97. The van der Waals surface area contributed by atoms with Gasteiger partial charge in [-0.3, -0.25) is 9.20 Å². The quantitative estimate of drug-likeness (QED) is 0.671. The Balaban J connectivity index is 1.48. The Labute approximate surface area is 148 Å². The molecule has 1 aromatic carbocycles. The first-order valence-electron chi connectivity index (χ1n) is 8.18. The Kier molecular flexibility index (Phi) is 4.04. The van der Waals surface area contributed by atoms with Crippen molar-refractivity contribution in [1.29, 1.82) is 0 Å². The fourth-order valence-electron chi connectivity index (χ4n) is 2.78. The van der Waals surface area contributed by atoms with Crippen LogP contribution in [-0.4, -0.2) is 27.6 Å². The van der Waals surface area contributed by atoms with Gasteiger partial charge in [0, 0.05) is 12.3 Å². The van der Waals surface area contributed by atoms with Crippen molar-refractivity contribution in [3.8, 4) is 11.5 Å². The van der Waals surface area contributed by atoms with E-state index in [-0.39, 0.29) is 12.2 Å². The average molecular weight is 352 g/mol. The van der Waals surface area contributed by atoms with Crippen molar-refractivity contribution >= 4 is 11.6 Å². The van der Waals surface area contributed by atoms with Crippen LogP contribution in [0.4, 0.5) is 0 Å². The van der Waals surface area contributed by atoms with Crippen LogP contribution in [0.15, 0.2) is 59.5 Å². The van der Waals surface area contributed by atoms with Crippen LogP contribution in [0.25, 0.3) is 5.65 Å².